The van der Waals surface area contributed by atoms with E-state index in [0.29, 0.717) is 13.4 Å². The highest BCUT2D eigenvalue weighted by Gasteiger charge is 1.98. The maximum Gasteiger partial charge on any atom is 0.569 e. The van der Waals surface area contributed by atoms with E-state index in [9.17, 15) is 0 Å². The smallest absolute Gasteiger partial charge is 0.537 e. The number of rotatable bonds is 3. The van der Waals surface area contributed by atoms with Gasteiger partial charge < -0.3 is 9.68 Å². The van der Waals surface area contributed by atoms with Crippen LogP contribution in [0.4, 0.5) is 0 Å². The van der Waals surface area contributed by atoms with E-state index in [1.54, 1.807) is 18.3 Å². The molecular weight excluding hydrogens is 189 g/mol. The zero-order valence-corrected chi connectivity index (χ0v) is 8.00. The lowest BCUT2D eigenvalue weighted by molar-refractivity contribution is 0.454. The Bertz CT molecular complexity index is 416. The summed E-state index contributed by atoms with van der Waals surface area (Å²) in [6.07, 6.45) is 1.75. The highest BCUT2D eigenvalue weighted by molar-refractivity contribution is 6.17. The molecule has 4 heteroatoms. The fraction of sp³-hybridized carbons (Fsp3) is 0. The van der Waals surface area contributed by atoms with Crippen LogP contribution in [0.2, 0.25) is 0 Å². The molecule has 2 aromatic rings. The monoisotopic (exact) mass is 198 g/mol. The Balaban J connectivity index is 2.24. The first kappa shape index (κ1) is 9.74. The Morgan fingerprint density at radius 3 is 2.47 bits per heavy atom. The Labute approximate surface area is 88.7 Å². The molecule has 0 spiro atoms. The Hall–Kier alpha value is -1.81. The van der Waals surface area contributed by atoms with Crippen LogP contribution < -0.4 is 4.65 Å². The predicted molar refractivity (Wildman–Crippen MR) is 58.3 cm³/mol. The van der Waals surface area contributed by atoms with E-state index >= 15 is 0 Å². The maximum absolute atomic E-state index is 8.45. The van der Waals surface area contributed by atoms with Crippen molar-refractivity contribution in [2.24, 2.45) is 0 Å². The van der Waals surface area contributed by atoms with Crippen LogP contribution in [-0.2, 0) is 0 Å². The van der Waals surface area contributed by atoms with Gasteiger partial charge in [-0.3, -0.25) is 4.98 Å². The molecule has 1 aromatic carbocycles. The second-order valence-corrected chi connectivity index (χ2v) is 2.96. The van der Waals surface area contributed by atoms with Gasteiger partial charge in [-0.1, -0.05) is 6.07 Å². The Morgan fingerprint density at radius 1 is 1.07 bits per heavy atom. The first-order valence-electron chi connectivity index (χ1n) is 4.54. The van der Waals surface area contributed by atoms with E-state index in [1.807, 2.05) is 30.3 Å². The van der Waals surface area contributed by atoms with E-state index < -0.39 is 0 Å². The Kier molecular flexibility index (Phi) is 3.00. The number of aromatic nitrogens is 1. The predicted octanol–water partition coefficient (Wildman–Crippen LogP) is 1.65. The SMILES string of the molecule is O[B]Oc1ccc(-c2ccccn2)cc1. The summed E-state index contributed by atoms with van der Waals surface area (Å²) in [4.78, 5) is 4.23. The molecule has 0 aliphatic rings. The minimum atomic E-state index is 0.595. The molecule has 1 aromatic heterocycles. The van der Waals surface area contributed by atoms with Gasteiger partial charge in [-0.15, -0.1) is 0 Å². The molecule has 3 nitrogen and oxygen atoms in total. The molecule has 0 bridgehead atoms. The van der Waals surface area contributed by atoms with E-state index in [2.05, 4.69) is 4.98 Å². The molecule has 73 valence electrons. The van der Waals surface area contributed by atoms with Gasteiger partial charge >= 0.3 is 7.69 Å². The van der Waals surface area contributed by atoms with Crippen molar-refractivity contribution in [2.75, 3.05) is 0 Å². The second-order valence-electron chi connectivity index (χ2n) is 2.96. The zero-order valence-electron chi connectivity index (χ0n) is 8.00. The molecule has 0 atom stereocenters. The fourth-order valence-corrected chi connectivity index (χ4v) is 1.30. The average molecular weight is 198 g/mol. The summed E-state index contributed by atoms with van der Waals surface area (Å²) in [6, 6.07) is 13.1. The number of benzene rings is 1. The standard InChI is InChI=1S/C11H9BNO2/c14-12-15-10-6-4-9(5-7-10)11-3-1-2-8-13-11/h1-8,14H. The van der Waals surface area contributed by atoms with E-state index in [4.69, 9.17) is 9.68 Å². The normalized spacial score (nSPS) is 9.67. The molecule has 0 amide bonds. The van der Waals surface area contributed by atoms with Gasteiger partial charge in [0.2, 0.25) is 0 Å². The van der Waals surface area contributed by atoms with E-state index in [0.717, 1.165) is 11.3 Å². The third-order valence-corrected chi connectivity index (χ3v) is 2.00. The third-order valence-electron chi connectivity index (χ3n) is 2.00. The van der Waals surface area contributed by atoms with Crippen molar-refractivity contribution < 1.29 is 9.68 Å². The largest absolute Gasteiger partial charge is 0.569 e. The molecule has 0 saturated carbocycles. The van der Waals surface area contributed by atoms with Crippen molar-refractivity contribution in [3.8, 4) is 17.0 Å². The number of pyridine rings is 1. The summed E-state index contributed by atoms with van der Waals surface area (Å²) < 4.78 is 4.81. The van der Waals surface area contributed by atoms with E-state index in [-0.39, 0.29) is 0 Å². The maximum atomic E-state index is 8.45. The molecule has 1 heterocycles. The number of nitrogens with zero attached hydrogens (tertiary/aromatic N) is 1. The topological polar surface area (TPSA) is 42.4 Å². The lowest BCUT2D eigenvalue weighted by atomic mass is 10.1. The molecule has 0 unspecified atom stereocenters. The van der Waals surface area contributed by atoms with Gasteiger partial charge in [-0.05, 0) is 36.4 Å². The summed E-state index contributed by atoms with van der Waals surface area (Å²) in [6.45, 7) is 0. The summed E-state index contributed by atoms with van der Waals surface area (Å²) in [5, 5.41) is 8.45. The minimum absolute atomic E-state index is 0.595. The van der Waals surface area contributed by atoms with Crippen LogP contribution in [0.5, 0.6) is 5.75 Å². The van der Waals surface area contributed by atoms with Gasteiger partial charge in [0, 0.05) is 11.8 Å². The zero-order chi connectivity index (χ0) is 10.5. The minimum Gasteiger partial charge on any atom is -0.537 e. The van der Waals surface area contributed by atoms with Crippen molar-refractivity contribution in [3.05, 3.63) is 48.7 Å². The van der Waals surface area contributed by atoms with Crippen LogP contribution in [0.25, 0.3) is 11.3 Å². The van der Waals surface area contributed by atoms with Gasteiger partial charge in [0.15, 0.2) is 0 Å². The van der Waals surface area contributed by atoms with Crippen molar-refractivity contribution in [1.29, 1.82) is 0 Å². The molecule has 0 fully saturated rings. The molecular formula is C11H9BNO2. The fourth-order valence-electron chi connectivity index (χ4n) is 1.30. The summed E-state index contributed by atoms with van der Waals surface area (Å²) in [7, 11) is 0.662. The van der Waals surface area contributed by atoms with Crippen molar-refractivity contribution >= 4 is 7.69 Å². The molecule has 0 aliphatic carbocycles. The molecule has 1 N–H and O–H groups in total. The van der Waals surface area contributed by atoms with Crippen molar-refractivity contribution in [3.63, 3.8) is 0 Å². The highest BCUT2D eigenvalue weighted by Crippen LogP contribution is 2.19. The summed E-state index contributed by atoms with van der Waals surface area (Å²) in [5.41, 5.74) is 1.93. The number of hydrogen-bond donors (Lipinski definition) is 1. The molecule has 0 saturated heterocycles. The van der Waals surface area contributed by atoms with Gasteiger partial charge in [0.25, 0.3) is 0 Å². The summed E-state index contributed by atoms with van der Waals surface area (Å²) >= 11 is 0. The van der Waals surface area contributed by atoms with Crippen LogP contribution in [0, 0.1) is 0 Å². The van der Waals surface area contributed by atoms with Gasteiger partial charge in [-0.25, -0.2) is 0 Å². The van der Waals surface area contributed by atoms with Crippen LogP contribution >= 0.6 is 0 Å². The van der Waals surface area contributed by atoms with Gasteiger partial charge in [0.1, 0.15) is 5.75 Å². The van der Waals surface area contributed by atoms with Crippen LogP contribution in [-0.4, -0.2) is 17.7 Å². The molecule has 2 rings (SSSR count). The Morgan fingerprint density at radius 2 is 1.87 bits per heavy atom. The highest BCUT2D eigenvalue weighted by atomic mass is 16.5. The van der Waals surface area contributed by atoms with Crippen molar-refractivity contribution in [2.45, 2.75) is 0 Å². The lowest BCUT2D eigenvalue weighted by Crippen LogP contribution is -1.99. The van der Waals surface area contributed by atoms with Crippen molar-refractivity contribution in [1.82, 2.24) is 4.98 Å². The van der Waals surface area contributed by atoms with Gasteiger partial charge in [0.05, 0.1) is 5.69 Å². The van der Waals surface area contributed by atoms with Gasteiger partial charge in [-0.2, -0.15) is 0 Å². The molecule has 15 heavy (non-hydrogen) atoms. The summed E-state index contributed by atoms with van der Waals surface area (Å²) in [5.74, 6) is 0.595. The molecule has 0 aliphatic heterocycles. The third kappa shape index (κ3) is 2.36. The average Bonchev–Trinajstić information content (AvgIpc) is 2.32. The van der Waals surface area contributed by atoms with Crippen LogP contribution in [0.3, 0.4) is 0 Å². The lowest BCUT2D eigenvalue weighted by Gasteiger charge is -2.03. The second kappa shape index (κ2) is 4.62. The first-order chi connectivity index (χ1) is 7.40. The molecule has 1 radical (unpaired) electrons. The van der Waals surface area contributed by atoms with Crippen LogP contribution in [0.15, 0.2) is 48.7 Å². The number of hydrogen-bond acceptors (Lipinski definition) is 3. The van der Waals surface area contributed by atoms with Crippen LogP contribution in [0.1, 0.15) is 0 Å². The quantitative estimate of drug-likeness (QED) is 0.762. The first-order valence-corrected chi connectivity index (χ1v) is 4.54. The van der Waals surface area contributed by atoms with E-state index in [1.165, 1.54) is 0 Å².